The summed E-state index contributed by atoms with van der Waals surface area (Å²) in [5, 5.41) is 17.0. The number of anilines is 1. The van der Waals surface area contributed by atoms with Gasteiger partial charge in [0.2, 0.25) is 5.91 Å². The number of aryl methyl sites for hydroxylation is 1. The number of aromatic nitrogens is 5. The summed E-state index contributed by atoms with van der Waals surface area (Å²) in [6.07, 6.45) is 1.93. The highest BCUT2D eigenvalue weighted by molar-refractivity contribution is 7.99. The van der Waals surface area contributed by atoms with Crippen molar-refractivity contribution in [2.45, 2.75) is 18.6 Å². The van der Waals surface area contributed by atoms with E-state index in [0.717, 1.165) is 28.3 Å². The molecular formula is C24H26N6O3S. The van der Waals surface area contributed by atoms with Crippen LogP contribution in [0.3, 0.4) is 0 Å². The Balaban J connectivity index is 1.53. The van der Waals surface area contributed by atoms with E-state index in [4.69, 9.17) is 9.47 Å². The van der Waals surface area contributed by atoms with Gasteiger partial charge in [-0.2, -0.15) is 5.10 Å². The molecule has 4 rings (SSSR count). The van der Waals surface area contributed by atoms with Gasteiger partial charge in [-0.25, -0.2) is 0 Å². The molecule has 1 amide bonds. The zero-order chi connectivity index (χ0) is 24.1. The molecule has 0 saturated heterocycles. The van der Waals surface area contributed by atoms with Gasteiger partial charge < -0.3 is 19.4 Å². The van der Waals surface area contributed by atoms with Crippen LogP contribution in [0.1, 0.15) is 6.92 Å². The van der Waals surface area contributed by atoms with E-state index in [1.165, 1.54) is 11.8 Å². The number of nitrogens with zero attached hydrogens (tertiary/aromatic N) is 5. The minimum Gasteiger partial charge on any atom is -0.497 e. The van der Waals surface area contributed by atoms with E-state index in [1.807, 2.05) is 49.0 Å². The first-order valence-corrected chi connectivity index (χ1v) is 11.7. The second kappa shape index (κ2) is 10.4. The fraction of sp³-hybridized carbons (Fsp3) is 0.250. The third-order valence-electron chi connectivity index (χ3n) is 5.15. The Kier molecular flexibility index (Phi) is 7.17. The zero-order valence-electron chi connectivity index (χ0n) is 19.5. The predicted molar refractivity (Wildman–Crippen MR) is 132 cm³/mol. The largest absolute Gasteiger partial charge is 0.497 e. The summed E-state index contributed by atoms with van der Waals surface area (Å²) in [5.74, 6) is 2.28. The van der Waals surface area contributed by atoms with Crippen LogP contribution in [0, 0.1) is 0 Å². The van der Waals surface area contributed by atoms with Crippen LogP contribution in [0.5, 0.6) is 11.5 Å². The number of thioether (sulfide) groups is 1. The Hall–Kier alpha value is -3.79. The number of benzene rings is 2. The fourth-order valence-electron chi connectivity index (χ4n) is 3.52. The lowest BCUT2D eigenvalue weighted by atomic mass is 10.1. The first-order valence-electron chi connectivity index (χ1n) is 10.7. The molecule has 9 nitrogen and oxygen atoms in total. The molecule has 0 saturated carbocycles. The maximum absolute atomic E-state index is 12.5. The molecule has 0 aliphatic heterocycles. The number of hydrogen-bond donors (Lipinski definition) is 1. The quantitative estimate of drug-likeness (QED) is 0.362. The van der Waals surface area contributed by atoms with Gasteiger partial charge >= 0.3 is 0 Å². The number of nitrogens with one attached hydrogen (secondary N) is 1. The van der Waals surface area contributed by atoms with E-state index in [0.29, 0.717) is 23.2 Å². The molecule has 0 unspecified atom stereocenters. The molecule has 34 heavy (non-hydrogen) atoms. The molecule has 0 aliphatic carbocycles. The van der Waals surface area contributed by atoms with Crippen LogP contribution in [-0.2, 0) is 18.4 Å². The normalized spacial score (nSPS) is 10.8. The van der Waals surface area contributed by atoms with Gasteiger partial charge in [-0.3, -0.25) is 9.48 Å². The fourth-order valence-corrected chi connectivity index (χ4v) is 4.32. The lowest BCUT2D eigenvalue weighted by Gasteiger charge is -2.09. The number of methoxy groups -OCH3 is 2. The van der Waals surface area contributed by atoms with Crippen molar-refractivity contribution < 1.29 is 14.3 Å². The van der Waals surface area contributed by atoms with Crippen molar-refractivity contribution in [1.82, 2.24) is 24.5 Å². The summed E-state index contributed by atoms with van der Waals surface area (Å²) in [6.45, 7) is 2.67. The molecule has 4 aromatic rings. The van der Waals surface area contributed by atoms with Crippen LogP contribution in [0.4, 0.5) is 5.69 Å². The monoisotopic (exact) mass is 478 g/mol. The number of hydrogen-bond acceptors (Lipinski definition) is 7. The van der Waals surface area contributed by atoms with Crippen LogP contribution >= 0.6 is 11.8 Å². The van der Waals surface area contributed by atoms with Gasteiger partial charge in [0.05, 0.1) is 25.5 Å². The molecule has 0 fully saturated rings. The van der Waals surface area contributed by atoms with Gasteiger partial charge in [0.1, 0.15) is 17.2 Å². The second-order valence-corrected chi connectivity index (χ2v) is 8.36. The minimum absolute atomic E-state index is 0.124. The van der Waals surface area contributed by atoms with Gasteiger partial charge in [0.25, 0.3) is 0 Å². The Bertz CT molecular complexity index is 1280. The molecule has 2 aromatic carbocycles. The molecule has 0 bridgehead atoms. The van der Waals surface area contributed by atoms with Gasteiger partial charge in [-0.1, -0.05) is 23.9 Å². The summed E-state index contributed by atoms with van der Waals surface area (Å²) in [6, 6.07) is 15.0. The summed E-state index contributed by atoms with van der Waals surface area (Å²) in [5.41, 5.74) is 3.29. The molecule has 0 atom stereocenters. The van der Waals surface area contributed by atoms with Crippen LogP contribution < -0.4 is 14.8 Å². The molecule has 1 N–H and O–H groups in total. The van der Waals surface area contributed by atoms with E-state index in [-0.39, 0.29) is 11.7 Å². The van der Waals surface area contributed by atoms with E-state index in [1.54, 1.807) is 43.2 Å². The molecule has 10 heteroatoms. The lowest BCUT2D eigenvalue weighted by molar-refractivity contribution is -0.113. The highest BCUT2D eigenvalue weighted by Crippen LogP contribution is 2.33. The van der Waals surface area contributed by atoms with Crippen LogP contribution in [-0.4, -0.2) is 50.4 Å². The van der Waals surface area contributed by atoms with Crippen molar-refractivity contribution in [2.75, 3.05) is 25.3 Å². The maximum Gasteiger partial charge on any atom is 0.234 e. The summed E-state index contributed by atoms with van der Waals surface area (Å²) in [7, 11) is 5.12. The van der Waals surface area contributed by atoms with Crippen LogP contribution in [0.15, 0.2) is 59.9 Å². The van der Waals surface area contributed by atoms with Gasteiger partial charge in [0.15, 0.2) is 11.0 Å². The van der Waals surface area contributed by atoms with Crippen molar-refractivity contribution in [3.8, 4) is 34.1 Å². The summed E-state index contributed by atoms with van der Waals surface area (Å²) < 4.78 is 14.3. The highest BCUT2D eigenvalue weighted by atomic mass is 32.2. The Morgan fingerprint density at radius 2 is 1.82 bits per heavy atom. The van der Waals surface area contributed by atoms with Crippen molar-refractivity contribution in [2.24, 2.45) is 7.05 Å². The number of rotatable bonds is 9. The first kappa shape index (κ1) is 23.4. The van der Waals surface area contributed by atoms with Crippen LogP contribution in [0.25, 0.3) is 22.6 Å². The average Bonchev–Trinajstić information content (AvgIpc) is 3.45. The molecule has 0 spiro atoms. The molecular weight excluding hydrogens is 452 g/mol. The predicted octanol–water partition coefficient (Wildman–Crippen LogP) is 4.11. The van der Waals surface area contributed by atoms with Crippen molar-refractivity contribution in [3.05, 3.63) is 54.7 Å². The Labute approximate surface area is 202 Å². The van der Waals surface area contributed by atoms with E-state index in [9.17, 15) is 4.79 Å². The molecule has 0 radical (unpaired) electrons. The SMILES string of the molecule is CCn1c(SCC(=O)Nc2ccc(OC)cc2)nnc1-c1cn(C)nc1-c1cccc(OC)c1. The Morgan fingerprint density at radius 1 is 1.06 bits per heavy atom. The van der Waals surface area contributed by atoms with Gasteiger partial charge in [-0.15, -0.1) is 10.2 Å². The Morgan fingerprint density at radius 3 is 2.53 bits per heavy atom. The van der Waals surface area contributed by atoms with Gasteiger partial charge in [0, 0.05) is 31.0 Å². The maximum atomic E-state index is 12.5. The molecule has 2 heterocycles. The molecule has 176 valence electrons. The van der Waals surface area contributed by atoms with E-state index in [2.05, 4.69) is 20.6 Å². The third kappa shape index (κ3) is 5.07. The minimum atomic E-state index is -0.124. The van der Waals surface area contributed by atoms with Crippen molar-refractivity contribution in [3.63, 3.8) is 0 Å². The summed E-state index contributed by atoms with van der Waals surface area (Å²) in [4.78, 5) is 12.5. The van der Waals surface area contributed by atoms with Crippen LogP contribution in [0.2, 0.25) is 0 Å². The molecule has 2 aromatic heterocycles. The van der Waals surface area contributed by atoms with Gasteiger partial charge in [-0.05, 0) is 43.3 Å². The summed E-state index contributed by atoms with van der Waals surface area (Å²) >= 11 is 1.34. The topological polar surface area (TPSA) is 96.1 Å². The van der Waals surface area contributed by atoms with Crippen molar-refractivity contribution in [1.29, 1.82) is 0 Å². The smallest absolute Gasteiger partial charge is 0.234 e. The number of carbonyl (C=O) groups is 1. The molecule has 0 aliphatic rings. The average molecular weight is 479 g/mol. The van der Waals surface area contributed by atoms with E-state index >= 15 is 0 Å². The number of ether oxygens (including phenoxy) is 2. The van der Waals surface area contributed by atoms with E-state index < -0.39 is 0 Å². The number of amides is 1. The number of carbonyl (C=O) groups excluding carboxylic acids is 1. The lowest BCUT2D eigenvalue weighted by Crippen LogP contribution is -2.14. The third-order valence-corrected chi connectivity index (χ3v) is 6.12. The zero-order valence-corrected chi connectivity index (χ0v) is 20.3. The standard InChI is InChI=1S/C24H26N6O3S/c1-5-30-23(20-14-29(2)28-22(20)16-7-6-8-19(13-16)33-4)26-27-24(30)34-15-21(31)25-17-9-11-18(32-3)12-10-17/h6-14H,5,15H2,1-4H3,(H,25,31). The first-order chi connectivity index (χ1) is 16.5. The second-order valence-electron chi connectivity index (χ2n) is 7.41. The van der Waals surface area contributed by atoms with Crippen molar-refractivity contribution >= 4 is 23.4 Å². The highest BCUT2D eigenvalue weighted by Gasteiger charge is 2.21.